The molecule has 0 saturated heterocycles. The topological polar surface area (TPSA) is 0 Å². The van der Waals surface area contributed by atoms with Gasteiger partial charge >= 0.3 is 0 Å². The second kappa shape index (κ2) is 8.32. The van der Waals surface area contributed by atoms with Gasteiger partial charge in [0.2, 0.25) is 0 Å². The zero-order valence-corrected chi connectivity index (χ0v) is 23.3. The van der Waals surface area contributed by atoms with E-state index in [1.165, 1.54) is 66.8 Å². The van der Waals surface area contributed by atoms with Crippen molar-refractivity contribution in [1.29, 1.82) is 0 Å². The summed E-state index contributed by atoms with van der Waals surface area (Å²) >= 11 is 7.32. The molecule has 0 nitrogen and oxygen atoms in total. The number of rotatable bonds is 0. The largest absolute Gasteiger partial charge is 0.0840 e. The summed E-state index contributed by atoms with van der Waals surface area (Å²) in [6, 6.07) is 42.9. The van der Waals surface area contributed by atoms with Crippen LogP contribution in [0.2, 0.25) is 5.02 Å². The summed E-state index contributed by atoms with van der Waals surface area (Å²) in [5, 5.41) is 0.846. The molecule has 0 fully saturated rings. The SMILES string of the molecule is Clc1cccc2c1CC1(c3ccccc3-c3ccccc31)c1ccccc1C21C2=CCC=CC=C2c2ccccc21. The van der Waals surface area contributed by atoms with Crippen molar-refractivity contribution in [1.82, 2.24) is 0 Å². The molecule has 41 heavy (non-hydrogen) atoms. The van der Waals surface area contributed by atoms with Crippen molar-refractivity contribution in [3.8, 4) is 11.1 Å². The lowest BCUT2D eigenvalue weighted by Crippen LogP contribution is -2.33. The van der Waals surface area contributed by atoms with Crippen molar-refractivity contribution in [2.45, 2.75) is 23.7 Å². The molecule has 1 atom stereocenters. The molecule has 5 aromatic carbocycles. The van der Waals surface area contributed by atoms with Gasteiger partial charge in [-0.2, -0.15) is 0 Å². The molecule has 0 aliphatic heterocycles. The van der Waals surface area contributed by atoms with Crippen LogP contribution >= 0.6 is 11.6 Å². The third kappa shape index (κ3) is 2.77. The molecule has 1 heteroatoms. The summed E-state index contributed by atoms with van der Waals surface area (Å²) in [5.41, 5.74) is 15.2. The zero-order chi connectivity index (χ0) is 27.2. The second-order valence-corrected chi connectivity index (χ2v) is 12.0. The smallest absolute Gasteiger partial charge is 0.0716 e. The van der Waals surface area contributed by atoms with Crippen molar-refractivity contribution < 1.29 is 0 Å². The van der Waals surface area contributed by atoms with Crippen LogP contribution in [0.15, 0.2) is 145 Å². The van der Waals surface area contributed by atoms with Gasteiger partial charge in [0.1, 0.15) is 0 Å². The Bertz CT molecular complexity index is 1970. The van der Waals surface area contributed by atoms with Crippen LogP contribution in [0, 0.1) is 0 Å². The molecule has 0 amide bonds. The van der Waals surface area contributed by atoms with Gasteiger partial charge in [0.05, 0.1) is 10.8 Å². The molecule has 9 rings (SSSR count). The molecule has 0 saturated carbocycles. The molecule has 194 valence electrons. The summed E-state index contributed by atoms with van der Waals surface area (Å²) < 4.78 is 0. The van der Waals surface area contributed by atoms with Crippen LogP contribution in [0.25, 0.3) is 16.7 Å². The Kier molecular flexibility index (Phi) is 4.73. The minimum Gasteiger partial charge on any atom is -0.0840 e. The van der Waals surface area contributed by atoms with E-state index < -0.39 is 5.41 Å². The van der Waals surface area contributed by atoms with Gasteiger partial charge in [0.15, 0.2) is 0 Å². The number of hydrogen-bond acceptors (Lipinski definition) is 0. The number of hydrogen-bond donors (Lipinski definition) is 0. The molecule has 0 bridgehead atoms. The summed E-state index contributed by atoms with van der Waals surface area (Å²) in [7, 11) is 0. The standard InChI is InChI=1S/C40H27Cl/c41-38-24-12-23-35-30(38)25-39(31-17-7-4-14-26(31)27-15-5-8-18-32(27)39)36-21-10-11-22-37(36)40(35)33-19-3-1-2-13-28(33)29-16-6-9-20-34(29)40/h1-2,4-24H,3,25H2. The first-order chi connectivity index (χ1) is 20.3. The molecule has 4 aliphatic carbocycles. The lowest BCUT2D eigenvalue weighted by atomic mass is 9.63. The summed E-state index contributed by atoms with van der Waals surface area (Å²) in [6.45, 7) is 0. The van der Waals surface area contributed by atoms with Crippen molar-refractivity contribution in [2.24, 2.45) is 0 Å². The fourth-order valence-electron chi connectivity index (χ4n) is 8.57. The summed E-state index contributed by atoms with van der Waals surface area (Å²) in [4.78, 5) is 0. The highest BCUT2D eigenvalue weighted by atomic mass is 35.5. The highest BCUT2D eigenvalue weighted by molar-refractivity contribution is 6.31. The second-order valence-electron chi connectivity index (χ2n) is 11.6. The Morgan fingerprint density at radius 3 is 1.85 bits per heavy atom. The Balaban J connectivity index is 1.52. The molecule has 0 N–H and O–H groups in total. The van der Waals surface area contributed by atoms with E-state index in [0.29, 0.717) is 0 Å². The van der Waals surface area contributed by atoms with Crippen molar-refractivity contribution in [3.63, 3.8) is 0 Å². The van der Waals surface area contributed by atoms with Crippen LogP contribution in [0.5, 0.6) is 0 Å². The normalized spacial score (nSPS) is 20.1. The maximum absolute atomic E-state index is 7.32. The third-order valence-corrected chi connectivity index (χ3v) is 10.3. The van der Waals surface area contributed by atoms with E-state index in [-0.39, 0.29) is 5.41 Å². The van der Waals surface area contributed by atoms with E-state index in [9.17, 15) is 0 Å². The molecule has 0 aromatic heterocycles. The minimum absolute atomic E-state index is 0.363. The molecular formula is C40H27Cl. The molecule has 1 unspecified atom stereocenters. The molecule has 0 heterocycles. The summed E-state index contributed by atoms with van der Waals surface area (Å²) in [6.07, 6.45) is 11.0. The van der Waals surface area contributed by atoms with Gasteiger partial charge in [0.25, 0.3) is 0 Å². The van der Waals surface area contributed by atoms with Crippen molar-refractivity contribution in [3.05, 3.63) is 195 Å². The molecule has 2 spiro atoms. The first kappa shape index (κ1) is 23.3. The summed E-state index contributed by atoms with van der Waals surface area (Å²) in [5.74, 6) is 0. The fourth-order valence-corrected chi connectivity index (χ4v) is 8.81. The van der Waals surface area contributed by atoms with Gasteiger partial charge in [-0.25, -0.2) is 0 Å². The Morgan fingerprint density at radius 1 is 0.537 bits per heavy atom. The van der Waals surface area contributed by atoms with E-state index in [4.69, 9.17) is 11.6 Å². The Morgan fingerprint density at radius 2 is 1.12 bits per heavy atom. The molecule has 4 aliphatic rings. The van der Waals surface area contributed by atoms with Gasteiger partial charge in [-0.15, -0.1) is 0 Å². The van der Waals surface area contributed by atoms with Crippen LogP contribution in [-0.2, 0) is 17.3 Å². The zero-order valence-electron chi connectivity index (χ0n) is 22.6. The van der Waals surface area contributed by atoms with Crippen LogP contribution in [0.3, 0.4) is 0 Å². The van der Waals surface area contributed by atoms with Crippen LogP contribution < -0.4 is 0 Å². The Labute approximate surface area is 246 Å². The predicted octanol–water partition coefficient (Wildman–Crippen LogP) is 9.83. The van der Waals surface area contributed by atoms with Crippen LogP contribution in [0.4, 0.5) is 0 Å². The lowest BCUT2D eigenvalue weighted by Gasteiger charge is -2.38. The molecule has 0 radical (unpaired) electrons. The van der Waals surface area contributed by atoms with Crippen LogP contribution in [-0.4, -0.2) is 0 Å². The van der Waals surface area contributed by atoms with E-state index in [0.717, 1.165) is 17.9 Å². The van der Waals surface area contributed by atoms with Crippen molar-refractivity contribution >= 4 is 17.2 Å². The quantitative estimate of drug-likeness (QED) is 0.183. The average molecular weight is 543 g/mol. The molecule has 5 aromatic rings. The van der Waals surface area contributed by atoms with E-state index in [2.05, 4.69) is 140 Å². The predicted molar refractivity (Wildman–Crippen MR) is 169 cm³/mol. The highest BCUT2D eigenvalue weighted by Gasteiger charge is 2.56. The van der Waals surface area contributed by atoms with Gasteiger partial charge in [-0.05, 0) is 85.7 Å². The van der Waals surface area contributed by atoms with Crippen molar-refractivity contribution in [2.75, 3.05) is 0 Å². The molecular weight excluding hydrogens is 516 g/mol. The number of allylic oxidation sites excluding steroid dienone is 6. The van der Waals surface area contributed by atoms with Crippen LogP contribution in [0.1, 0.15) is 50.9 Å². The highest BCUT2D eigenvalue weighted by Crippen LogP contribution is 2.65. The monoisotopic (exact) mass is 542 g/mol. The minimum atomic E-state index is -0.471. The first-order valence-electron chi connectivity index (χ1n) is 14.5. The third-order valence-electron chi connectivity index (χ3n) is 9.99. The maximum atomic E-state index is 7.32. The van der Waals surface area contributed by atoms with E-state index in [1.54, 1.807) is 0 Å². The first-order valence-corrected chi connectivity index (χ1v) is 14.9. The number of halogens is 1. The number of fused-ring (bicyclic) bond motifs is 15. The van der Waals surface area contributed by atoms with Gasteiger partial charge in [-0.1, -0.05) is 145 Å². The van der Waals surface area contributed by atoms with E-state index in [1.807, 2.05) is 0 Å². The number of benzene rings is 5. The van der Waals surface area contributed by atoms with Gasteiger partial charge < -0.3 is 0 Å². The fraction of sp³-hybridized carbons (Fsp3) is 0.100. The average Bonchev–Trinajstić information content (AvgIpc) is 3.24. The lowest BCUT2D eigenvalue weighted by molar-refractivity contribution is 0.629. The van der Waals surface area contributed by atoms with Gasteiger partial charge in [-0.3, -0.25) is 0 Å². The maximum Gasteiger partial charge on any atom is 0.0716 e. The van der Waals surface area contributed by atoms with E-state index >= 15 is 0 Å². The van der Waals surface area contributed by atoms with Gasteiger partial charge in [0, 0.05) is 5.02 Å². The Hall–Kier alpha value is -4.39.